The summed E-state index contributed by atoms with van der Waals surface area (Å²) in [5, 5.41) is 3.73. The van der Waals surface area contributed by atoms with Crippen molar-refractivity contribution in [3.8, 4) is 0 Å². The largest absolute Gasteiger partial charge is 0.376 e. The number of halogens is 2. The van der Waals surface area contributed by atoms with Gasteiger partial charge in [-0.25, -0.2) is 4.98 Å². The lowest BCUT2D eigenvalue weighted by molar-refractivity contribution is -0.113. The Morgan fingerprint density at radius 2 is 2.00 bits per heavy atom. The van der Waals surface area contributed by atoms with Crippen LogP contribution in [0.1, 0.15) is 12.8 Å². The molecule has 1 fully saturated rings. The highest BCUT2D eigenvalue weighted by atomic mass is 32.2. The quantitative estimate of drug-likeness (QED) is 0.377. The Hall–Kier alpha value is -2.43. The molecule has 1 atom stereocenters. The molecule has 1 amide bonds. The van der Waals surface area contributed by atoms with E-state index in [0.29, 0.717) is 51.6 Å². The number of carbonyl (C=O) groups is 1. The Labute approximate surface area is 191 Å². The molecule has 32 heavy (non-hydrogen) atoms. The molecule has 0 aliphatic carbocycles. The Morgan fingerprint density at radius 3 is 2.72 bits per heavy atom. The van der Waals surface area contributed by atoms with Crippen molar-refractivity contribution >= 4 is 46.0 Å². The SMILES string of the molecule is O=C(CSc1nc2ccccc2c(=O)n1CC1CCCO1)Nc1ccc(SC(F)F)cc1. The van der Waals surface area contributed by atoms with Crippen molar-refractivity contribution in [2.75, 3.05) is 17.7 Å². The maximum Gasteiger partial charge on any atom is 0.288 e. The molecule has 4 rings (SSSR count). The first-order chi connectivity index (χ1) is 15.5. The van der Waals surface area contributed by atoms with E-state index in [0.717, 1.165) is 12.8 Å². The van der Waals surface area contributed by atoms with E-state index in [-0.39, 0.29) is 23.3 Å². The molecule has 2 heterocycles. The summed E-state index contributed by atoms with van der Waals surface area (Å²) in [5.74, 6) is -2.73. The predicted octanol–water partition coefficient (Wildman–Crippen LogP) is 4.62. The second kappa shape index (κ2) is 10.5. The third kappa shape index (κ3) is 5.67. The highest BCUT2D eigenvalue weighted by Crippen LogP contribution is 2.26. The fourth-order valence-electron chi connectivity index (χ4n) is 3.46. The van der Waals surface area contributed by atoms with Gasteiger partial charge in [0.1, 0.15) is 0 Å². The van der Waals surface area contributed by atoms with E-state index in [1.165, 1.54) is 23.9 Å². The molecule has 1 N–H and O–H groups in total. The maximum atomic E-state index is 13.1. The number of thioether (sulfide) groups is 2. The van der Waals surface area contributed by atoms with Gasteiger partial charge in [0, 0.05) is 17.2 Å². The molecule has 168 valence electrons. The van der Waals surface area contributed by atoms with Crippen LogP contribution < -0.4 is 10.9 Å². The number of fused-ring (bicyclic) bond motifs is 1. The number of amides is 1. The van der Waals surface area contributed by atoms with E-state index in [9.17, 15) is 18.4 Å². The zero-order valence-electron chi connectivity index (χ0n) is 17.0. The fourth-order valence-corrected chi connectivity index (χ4v) is 4.77. The van der Waals surface area contributed by atoms with Gasteiger partial charge < -0.3 is 10.1 Å². The van der Waals surface area contributed by atoms with Crippen molar-refractivity contribution < 1.29 is 18.3 Å². The highest BCUT2D eigenvalue weighted by molar-refractivity contribution is 8.00. The first-order valence-corrected chi connectivity index (χ1v) is 11.9. The number of aromatic nitrogens is 2. The van der Waals surface area contributed by atoms with Gasteiger partial charge in [0.15, 0.2) is 5.16 Å². The van der Waals surface area contributed by atoms with Crippen LogP contribution in [0.25, 0.3) is 10.9 Å². The zero-order chi connectivity index (χ0) is 22.5. The van der Waals surface area contributed by atoms with Crippen molar-refractivity contribution in [1.29, 1.82) is 0 Å². The van der Waals surface area contributed by atoms with Crippen molar-refractivity contribution in [2.24, 2.45) is 0 Å². The van der Waals surface area contributed by atoms with Gasteiger partial charge in [-0.05, 0) is 49.2 Å². The average Bonchev–Trinajstić information content (AvgIpc) is 3.29. The lowest BCUT2D eigenvalue weighted by atomic mass is 10.2. The summed E-state index contributed by atoms with van der Waals surface area (Å²) in [6.45, 7) is 1.07. The van der Waals surface area contributed by atoms with Crippen LogP contribution in [0.4, 0.5) is 14.5 Å². The number of hydrogen-bond acceptors (Lipinski definition) is 6. The summed E-state index contributed by atoms with van der Waals surface area (Å²) in [4.78, 5) is 30.6. The number of alkyl halides is 2. The Balaban J connectivity index is 1.47. The number of anilines is 1. The molecule has 0 saturated carbocycles. The molecule has 1 unspecified atom stereocenters. The summed E-state index contributed by atoms with van der Waals surface area (Å²) >= 11 is 1.63. The standard InChI is InChI=1S/C22H21F2N3O3S2/c23-21(24)32-16-9-7-14(8-10-16)25-19(28)13-31-22-26-18-6-2-1-5-17(18)20(29)27(22)12-15-4-3-11-30-15/h1-2,5-10,15,21H,3-4,11-13H2,(H,25,28). The van der Waals surface area contributed by atoms with E-state index in [1.807, 2.05) is 6.07 Å². The Morgan fingerprint density at radius 1 is 1.22 bits per heavy atom. The van der Waals surface area contributed by atoms with Crippen LogP contribution in [-0.4, -0.2) is 39.7 Å². The summed E-state index contributed by atoms with van der Waals surface area (Å²) in [6.07, 6.45) is 1.79. The van der Waals surface area contributed by atoms with Crippen LogP contribution in [0.15, 0.2) is 63.4 Å². The highest BCUT2D eigenvalue weighted by Gasteiger charge is 2.20. The molecule has 3 aromatic rings. The van der Waals surface area contributed by atoms with Crippen molar-refractivity contribution in [3.05, 3.63) is 58.9 Å². The molecule has 1 aromatic heterocycles. The topological polar surface area (TPSA) is 73.2 Å². The smallest absolute Gasteiger partial charge is 0.288 e. The van der Waals surface area contributed by atoms with E-state index < -0.39 is 5.76 Å². The van der Waals surface area contributed by atoms with E-state index in [1.54, 1.807) is 34.9 Å². The lowest BCUT2D eigenvalue weighted by Gasteiger charge is -2.16. The Bertz CT molecular complexity index is 1150. The number of nitrogens with one attached hydrogen (secondary N) is 1. The van der Waals surface area contributed by atoms with Crippen molar-refractivity contribution in [1.82, 2.24) is 9.55 Å². The number of nitrogens with zero attached hydrogens (tertiary/aromatic N) is 2. The fraction of sp³-hybridized carbons (Fsp3) is 0.318. The van der Waals surface area contributed by atoms with Gasteiger partial charge in [-0.1, -0.05) is 35.7 Å². The van der Waals surface area contributed by atoms with Crippen molar-refractivity contribution in [3.63, 3.8) is 0 Å². The number of benzene rings is 2. The van der Waals surface area contributed by atoms with E-state index in [2.05, 4.69) is 10.3 Å². The number of para-hydroxylation sites is 1. The minimum absolute atomic E-state index is 0.0455. The minimum atomic E-state index is -2.49. The third-order valence-electron chi connectivity index (χ3n) is 4.93. The van der Waals surface area contributed by atoms with Gasteiger partial charge in [0.05, 0.1) is 29.3 Å². The van der Waals surface area contributed by atoms with E-state index in [4.69, 9.17) is 4.74 Å². The molecule has 2 aromatic carbocycles. The third-order valence-corrected chi connectivity index (χ3v) is 6.63. The summed E-state index contributed by atoms with van der Waals surface area (Å²) < 4.78 is 32.1. The molecular weight excluding hydrogens is 456 g/mol. The average molecular weight is 478 g/mol. The second-order valence-corrected chi connectivity index (χ2v) is 9.21. The second-order valence-electron chi connectivity index (χ2n) is 7.20. The molecule has 1 aliphatic heterocycles. The summed E-state index contributed by atoms with van der Waals surface area (Å²) in [7, 11) is 0. The molecule has 10 heteroatoms. The summed E-state index contributed by atoms with van der Waals surface area (Å²) in [5.41, 5.74) is 0.940. The normalized spacial score (nSPS) is 16.0. The first kappa shape index (κ1) is 22.8. The van der Waals surface area contributed by atoms with Crippen LogP contribution in [0.5, 0.6) is 0 Å². The lowest BCUT2D eigenvalue weighted by Crippen LogP contribution is -2.29. The van der Waals surface area contributed by atoms with Gasteiger partial charge in [0.2, 0.25) is 5.91 Å². The van der Waals surface area contributed by atoms with E-state index >= 15 is 0 Å². The number of hydrogen-bond donors (Lipinski definition) is 1. The van der Waals surface area contributed by atoms with Crippen LogP contribution in [-0.2, 0) is 16.1 Å². The van der Waals surface area contributed by atoms with Gasteiger partial charge in [0.25, 0.3) is 11.3 Å². The van der Waals surface area contributed by atoms with Crippen molar-refractivity contribution in [2.45, 2.75) is 41.3 Å². The number of rotatable bonds is 8. The summed E-state index contributed by atoms with van der Waals surface area (Å²) in [6, 6.07) is 13.4. The number of carbonyl (C=O) groups excluding carboxylic acids is 1. The molecule has 0 bridgehead atoms. The van der Waals surface area contributed by atoms with Crippen LogP contribution in [0.3, 0.4) is 0 Å². The monoisotopic (exact) mass is 477 g/mol. The first-order valence-electron chi connectivity index (χ1n) is 10.1. The molecule has 6 nitrogen and oxygen atoms in total. The zero-order valence-corrected chi connectivity index (χ0v) is 18.6. The van der Waals surface area contributed by atoms with Gasteiger partial charge >= 0.3 is 0 Å². The van der Waals surface area contributed by atoms with Crippen LogP contribution >= 0.6 is 23.5 Å². The minimum Gasteiger partial charge on any atom is -0.376 e. The molecule has 0 radical (unpaired) electrons. The molecular formula is C22H21F2N3O3S2. The molecule has 1 saturated heterocycles. The van der Waals surface area contributed by atoms with Crippen LogP contribution in [0, 0.1) is 0 Å². The molecule has 1 aliphatic rings. The van der Waals surface area contributed by atoms with Crippen LogP contribution in [0.2, 0.25) is 0 Å². The predicted molar refractivity (Wildman–Crippen MR) is 123 cm³/mol. The maximum absolute atomic E-state index is 13.1. The number of ether oxygens (including phenoxy) is 1. The van der Waals surface area contributed by atoms with Gasteiger partial charge in [-0.15, -0.1) is 0 Å². The van der Waals surface area contributed by atoms with Gasteiger partial charge in [-0.3, -0.25) is 14.2 Å². The Kier molecular flexibility index (Phi) is 7.44. The molecule has 0 spiro atoms. The van der Waals surface area contributed by atoms with Gasteiger partial charge in [-0.2, -0.15) is 8.78 Å².